The molecule has 0 spiro atoms. The number of H-pyrrole nitrogens is 1. The van der Waals surface area contributed by atoms with E-state index < -0.39 is 35.7 Å². The van der Waals surface area contributed by atoms with Gasteiger partial charge in [0.25, 0.3) is 5.56 Å². The van der Waals surface area contributed by atoms with Gasteiger partial charge >= 0.3 is 5.69 Å². The van der Waals surface area contributed by atoms with Gasteiger partial charge in [0.15, 0.2) is 0 Å². The van der Waals surface area contributed by atoms with Gasteiger partial charge in [-0.25, -0.2) is 4.79 Å². The minimum atomic E-state index is -0.684. The molecule has 122 valence electrons. The van der Waals surface area contributed by atoms with E-state index in [0.717, 1.165) is 0 Å². The van der Waals surface area contributed by atoms with Gasteiger partial charge in [-0.15, -0.1) is 0 Å². The van der Waals surface area contributed by atoms with Crippen LogP contribution in [0.25, 0.3) is 0 Å². The molecule has 1 aromatic rings. The number of aryl methyl sites for hydroxylation is 1. The molecule has 0 radical (unpaired) electrons. The molecule has 1 unspecified atom stereocenters. The van der Waals surface area contributed by atoms with Gasteiger partial charge in [0, 0.05) is 18.2 Å². The van der Waals surface area contributed by atoms with Crippen LogP contribution >= 0.6 is 0 Å². The molecule has 9 heteroatoms. The van der Waals surface area contributed by atoms with Gasteiger partial charge in [-0.2, -0.15) is 0 Å². The predicted molar refractivity (Wildman–Crippen MR) is 77.3 cm³/mol. The zero-order chi connectivity index (χ0) is 16.4. The van der Waals surface area contributed by atoms with Crippen molar-refractivity contribution in [3.05, 3.63) is 32.6 Å². The number of carbonyl (C=O) groups excluding carboxylic acids is 1. The van der Waals surface area contributed by atoms with Crippen molar-refractivity contribution in [1.29, 1.82) is 0 Å². The van der Waals surface area contributed by atoms with E-state index in [1.165, 1.54) is 10.8 Å². The number of aromatic nitrogens is 2. The van der Waals surface area contributed by atoms with E-state index in [0.29, 0.717) is 5.56 Å². The molecule has 22 heavy (non-hydrogen) atoms. The fraction of sp³-hybridized carbons (Fsp3) is 0.615. The second-order valence-corrected chi connectivity index (χ2v) is 5.43. The third-order valence-corrected chi connectivity index (χ3v) is 3.61. The fourth-order valence-electron chi connectivity index (χ4n) is 2.34. The van der Waals surface area contributed by atoms with Crippen LogP contribution in [0.2, 0.25) is 0 Å². The van der Waals surface area contributed by atoms with Crippen LogP contribution in [0.5, 0.6) is 0 Å². The number of carbonyl (C=O) groups is 1. The zero-order valence-corrected chi connectivity index (χ0v) is 12.4. The number of amides is 1. The van der Waals surface area contributed by atoms with E-state index in [1.807, 2.05) is 0 Å². The molecule has 2 rings (SSSR count). The van der Waals surface area contributed by atoms with E-state index in [9.17, 15) is 19.5 Å². The van der Waals surface area contributed by atoms with Gasteiger partial charge in [-0.3, -0.25) is 19.1 Å². The molecule has 1 aliphatic rings. The minimum Gasteiger partial charge on any atom is -0.394 e. The first kappa shape index (κ1) is 16.4. The number of nitrogens with zero attached hydrogens (tertiary/aromatic N) is 1. The number of hydrogen-bond donors (Lipinski definition) is 4. The number of aliphatic hydroxyl groups excluding tert-OH is 1. The summed E-state index contributed by atoms with van der Waals surface area (Å²) in [7, 11) is 0. The maximum atomic E-state index is 11.9. The molecule has 1 aromatic heterocycles. The number of rotatable bonds is 4. The highest BCUT2D eigenvalue weighted by molar-refractivity contribution is 5.81. The Kier molecular flexibility index (Phi) is 4.79. The Morgan fingerprint density at radius 1 is 1.64 bits per heavy atom. The first-order chi connectivity index (χ1) is 10.3. The number of nitrogens with two attached hydrogens (primary N) is 1. The second-order valence-electron chi connectivity index (χ2n) is 5.43. The summed E-state index contributed by atoms with van der Waals surface area (Å²) in [5.41, 5.74) is 4.81. The first-order valence-corrected chi connectivity index (χ1v) is 6.97. The summed E-state index contributed by atoms with van der Waals surface area (Å²) in [5.74, 6) is -0.363. The lowest BCUT2D eigenvalue weighted by atomic mass is 10.1. The fourth-order valence-corrected chi connectivity index (χ4v) is 2.34. The highest BCUT2D eigenvalue weighted by Gasteiger charge is 2.37. The number of aromatic amines is 1. The lowest BCUT2D eigenvalue weighted by molar-refractivity contribution is -0.123. The van der Waals surface area contributed by atoms with Gasteiger partial charge < -0.3 is 20.9 Å². The molecule has 1 aliphatic heterocycles. The molecule has 0 saturated carbocycles. The summed E-state index contributed by atoms with van der Waals surface area (Å²) < 4.78 is 6.85. The Morgan fingerprint density at radius 2 is 2.32 bits per heavy atom. The number of ether oxygens (including phenoxy) is 1. The maximum Gasteiger partial charge on any atom is 0.330 e. The highest BCUT2D eigenvalue weighted by Crippen LogP contribution is 2.27. The van der Waals surface area contributed by atoms with E-state index in [2.05, 4.69) is 10.3 Å². The molecule has 0 bridgehead atoms. The molecule has 0 aromatic carbocycles. The third-order valence-electron chi connectivity index (χ3n) is 3.61. The molecule has 1 amide bonds. The average Bonchev–Trinajstić information content (AvgIpc) is 2.85. The van der Waals surface area contributed by atoms with Crippen LogP contribution in [-0.4, -0.2) is 45.4 Å². The van der Waals surface area contributed by atoms with Crippen molar-refractivity contribution in [1.82, 2.24) is 14.9 Å². The van der Waals surface area contributed by atoms with Gasteiger partial charge in [0.05, 0.1) is 18.7 Å². The van der Waals surface area contributed by atoms with E-state index in [1.54, 1.807) is 13.8 Å². The quantitative estimate of drug-likeness (QED) is 0.505. The van der Waals surface area contributed by atoms with Crippen molar-refractivity contribution in [2.24, 2.45) is 5.73 Å². The summed E-state index contributed by atoms with van der Waals surface area (Å²) in [5, 5.41) is 12.1. The smallest absolute Gasteiger partial charge is 0.330 e. The van der Waals surface area contributed by atoms with Crippen LogP contribution in [0.1, 0.15) is 25.1 Å². The Labute approximate surface area is 126 Å². The SMILES string of the molecule is Cc1cn([C@@H]2CC(NC(=O)[C@H](C)N)[C@H](CO)O2)c(=O)[nH]c1=O. The lowest BCUT2D eigenvalue weighted by Gasteiger charge is -2.18. The maximum absolute atomic E-state index is 11.9. The zero-order valence-electron chi connectivity index (χ0n) is 12.4. The Bertz CT molecular complexity index is 665. The van der Waals surface area contributed by atoms with Crippen LogP contribution in [0.4, 0.5) is 0 Å². The average molecular weight is 312 g/mol. The molecule has 2 heterocycles. The highest BCUT2D eigenvalue weighted by atomic mass is 16.5. The molecule has 0 aliphatic carbocycles. The molecular weight excluding hydrogens is 292 g/mol. The van der Waals surface area contributed by atoms with Crippen LogP contribution in [-0.2, 0) is 9.53 Å². The number of nitrogens with one attached hydrogen (secondary N) is 2. The van der Waals surface area contributed by atoms with Crippen molar-refractivity contribution in [2.75, 3.05) is 6.61 Å². The summed E-state index contributed by atoms with van der Waals surface area (Å²) in [6, 6.07) is -1.15. The van der Waals surface area contributed by atoms with Gasteiger partial charge in [-0.1, -0.05) is 0 Å². The second kappa shape index (κ2) is 6.42. The van der Waals surface area contributed by atoms with Crippen LogP contribution in [0.3, 0.4) is 0 Å². The Balaban J connectivity index is 2.22. The number of hydrogen-bond acceptors (Lipinski definition) is 6. The summed E-state index contributed by atoms with van der Waals surface area (Å²) >= 11 is 0. The molecule has 4 atom stereocenters. The van der Waals surface area contributed by atoms with Crippen LogP contribution in [0.15, 0.2) is 15.8 Å². The first-order valence-electron chi connectivity index (χ1n) is 6.97. The molecular formula is C13H20N4O5. The van der Waals surface area contributed by atoms with Crippen molar-refractivity contribution in [2.45, 2.75) is 44.7 Å². The lowest BCUT2D eigenvalue weighted by Crippen LogP contribution is -2.47. The third kappa shape index (κ3) is 3.26. The molecule has 9 nitrogen and oxygen atoms in total. The summed E-state index contributed by atoms with van der Waals surface area (Å²) in [6.45, 7) is 2.81. The van der Waals surface area contributed by atoms with Crippen molar-refractivity contribution in [3.8, 4) is 0 Å². The van der Waals surface area contributed by atoms with Crippen molar-refractivity contribution < 1.29 is 14.6 Å². The van der Waals surface area contributed by atoms with Gasteiger partial charge in [0.1, 0.15) is 12.3 Å². The topological polar surface area (TPSA) is 139 Å². The monoisotopic (exact) mass is 312 g/mol. The largest absolute Gasteiger partial charge is 0.394 e. The predicted octanol–water partition coefficient (Wildman–Crippen LogP) is -2.04. The van der Waals surface area contributed by atoms with Crippen LogP contribution in [0, 0.1) is 6.92 Å². The Morgan fingerprint density at radius 3 is 2.91 bits per heavy atom. The van der Waals surface area contributed by atoms with Gasteiger partial charge in [0.2, 0.25) is 5.91 Å². The van der Waals surface area contributed by atoms with E-state index >= 15 is 0 Å². The normalized spacial score (nSPS) is 25.9. The summed E-state index contributed by atoms with van der Waals surface area (Å²) in [4.78, 5) is 37.1. The van der Waals surface area contributed by atoms with E-state index in [4.69, 9.17) is 10.5 Å². The van der Waals surface area contributed by atoms with Crippen molar-refractivity contribution >= 4 is 5.91 Å². The molecule has 5 N–H and O–H groups in total. The van der Waals surface area contributed by atoms with Crippen molar-refractivity contribution in [3.63, 3.8) is 0 Å². The van der Waals surface area contributed by atoms with Crippen LogP contribution < -0.4 is 22.3 Å². The Hall–Kier alpha value is -1.97. The standard InChI is InChI=1S/C13H20N4O5/c1-6-4-17(13(21)16-11(6)19)10-3-8(9(5-18)22-10)15-12(20)7(2)14/h4,7-10,18H,3,5,14H2,1-2H3,(H,15,20)(H,16,19,21)/t7-,8?,9-,10-/m0/s1. The molecule has 1 saturated heterocycles. The minimum absolute atomic E-state index is 0.287. The summed E-state index contributed by atoms with van der Waals surface area (Å²) in [6.07, 6.45) is 0.357. The van der Waals surface area contributed by atoms with E-state index in [-0.39, 0.29) is 18.9 Å². The molecule has 1 fully saturated rings. The van der Waals surface area contributed by atoms with Gasteiger partial charge in [-0.05, 0) is 13.8 Å². The number of aliphatic hydroxyl groups is 1.